The molecule has 2 heteroatoms. The lowest BCUT2D eigenvalue weighted by Crippen LogP contribution is -2.35. The van der Waals surface area contributed by atoms with Gasteiger partial charge in [0, 0.05) is 0 Å². The molecule has 2 nitrogen and oxygen atoms in total. The second-order valence-corrected chi connectivity index (χ2v) is 4.50. The number of nitrogens with one attached hydrogen (secondary N) is 1. The predicted octanol–water partition coefficient (Wildman–Crippen LogP) is 2.07. The average molecular weight is 178 g/mol. The molecule has 13 heavy (non-hydrogen) atoms. The Morgan fingerprint density at radius 1 is 1.23 bits per heavy atom. The lowest BCUT2D eigenvalue weighted by Gasteiger charge is -2.17. The summed E-state index contributed by atoms with van der Waals surface area (Å²) in [5.41, 5.74) is 0. The lowest BCUT2D eigenvalue weighted by atomic mass is 9.99. The fourth-order valence-corrected chi connectivity index (χ4v) is 2.22. The highest BCUT2D eigenvalue weighted by Crippen LogP contribution is 2.30. The summed E-state index contributed by atoms with van der Waals surface area (Å²) in [4.78, 5) is 0. The largest absolute Gasteiger partial charge is 0.301 e. The van der Waals surface area contributed by atoms with Gasteiger partial charge in [-0.25, -0.2) is 0 Å². The molecule has 2 aliphatic carbocycles. The van der Waals surface area contributed by atoms with Gasteiger partial charge in [0.1, 0.15) is 0 Å². The van der Waals surface area contributed by atoms with Crippen molar-refractivity contribution in [1.82, 2.24) is 5.32 Å². The zero-order chi connectivity index (χ0) is 9.10. The van der Waals surface area contributed by atoms with E-state index in [1.54, 1.807) is 0 Å². The fourth-order valence-electron chi connectivity index (χ4n) is 2.22. The van der Waals surface area contributed by atoms with Gasteiger partial charge in [-0.1, -0.05) is 12.8 Å². The molecule has 2 saturated carbocycles. The first kappa shape index (κ1) is 9.02. The van der Waals surface area contributed by atoms with Crippen molar-refractivity contribution in [3.63, 3.8) is 0 Å². The van der Waals surface area contributed by atoms with E-state index in [1.807, 2.05) is 0 Å². The van der Waals surface area contributed by atoms with Crippen LogP contribution in [-0.4, -0.2) is 12.6 Å². The number of nitriles is 1. The van der Waals surface area contributed by atoms with Crippen molar-refractivity contribution in [3.05, 3.63) is 0 Å². The molecule has 1 N–H and O–H groups in total. The van der Waals surface area contributed by atoms with Gasteiger partial charge in [-0.2, -0.15) is 5.26 Å². The maximum absolute atomic E-state index is 9.01. The van der Waals surface area contributed by atoms with Gasteiger partial charge in [0.25, 0.3) is 0 Å². The van der Waals surface area contributed by atoms with Crippen molar-refractivity contribution in [2.24, 2.45) is 11.8 Å². The normalized spacial score (nSPS) is 25.8. The maximum Gasteiger partial charge on any atom is 0.0981 e. The van der Waals surface area contributed by atoms with Crippen LogP contribution in [0.5, 0.6) is 0 Å². The molecule has 0 bridgehead atoms. The van der Waals surface area contributed by atoms with Crippen LogP contribution in [0.15, 0.2) is 0 Å². The van der Waals surface area contributed by atoms with Crippen molar-refractivity contribution in [2.45, 2.75) is 44.6 Å². The molecular formula is C11H18N2. The van der Waals surface area contributed by atoms with Crippen molar-refractivity contribution in [2.75, 3.05) is 6.54 Å². The molecule has 0 radical (unpaired) electrons. The van der Waals surface area contributed by atoms with Crippen LogP contribution in [0.2, 0.25) is 0 Å². The Hall–Kier alpha value is -0.550. The fraction of sp³-hybridized carbons (Fsp3) is 0.909. The van der Waals surface area contributed by atoms with Crippen LogP contribution in [0.4, 0.5) is 0 Å². The van der Waals surface area contributed by atoms with Crippen molar-refractivity contribution >= 4 is 0 Å². The van der Waals surface area contributed by atoms with E-state index in [4.69, 9.17) is 5.26 Å². The molecule has 0 aromatic rings. The van der Waals surface area contributed by atoms with Crippen LogP contribution < -0.4 is 5.32 Å². The summed E-state index contributed by atoms with van der Waals surface area (Å²) in [6.07, 6.45) is 7.92. The Balaban J connectivity index is 1.74. The van der Waals surface area contributed by atoms with Gasteiger partial charge >= 0.3 is 0 Å². The molecule has 2 rings (SSSR count). The Morgan fingerprint density at radius 2 is 1.92 bits per heavy atom. The van der Waals surface area contributed by atoms with Crippen LogP contribution in [0.25, 0.3) is 0 Å². The molecule has 2 aliphatic rings. The highest BCUT2D eigenvalue weighted by Gasteiger charge is 2.27. The molecular weight excluding hydrogens is 160 g/mol. The second-order valence-electron chi connectivity index (χ2n) is 4.50. The molecule has 0 aromatic carbocycles. The van der Waals surface area contributed by atoms with E-state index >= 15 is 0 Å². The van der Waals surface area contributed by atoms with E-state index in [2.05, 4.69) is 11.4 Å². The van der Waals surface area contributed by atoms with Crippen LogP contribution in [0, 0.1) is 23.2 Å². The van der Waals surface area contributed by atoms with E-state index in [9.17, 15) is 0 Å². The van der Waals surface area contributed by atoms with Crippen LogP contribution in [-0.2, 0) is 0 Å². The molecule has 0 aliphatic heterocycles. The van der Waals surface area contributed by atoms with Gasteiger partial charge < -0.3 is 5.32 Å². The molecule has 0 aromatic heterocycles. The minimum atomic E-state index is 0.142. The van der Waals surface area contributed by atoms with Gasteiger partial charge in [0.15, 0.2) is 0 Å². The lowest BCUT2D eigenvalue weighted by molar-refractivity contribution is 0.415. The van der Waals surface area contributed by atoms with E-state index in [1.165, 1.54) is 38.5 Å². The van der Waals surface area contributed by atoms with Crippen LogP contribution in [0.1, 0.15) is 38.5 Å². The van der Waals surface area contributed by atoms with E-state index in [0.717, 1.165) is 12.5 Å². The van der Waals surface area contributed by atoms with E-state index in [0.29, 0.717) is 5.92 Å². The smallest absolute Gasteiger partial charge is 0.0981 e. The highest BCUT2D eigenvalue weighted by molar-refractivity contribution is 4.97. The van der Waals surface area contributed by atoms with Crippen molar-refractivity contribution < 1.29 is 0 Å². The Labute approximate surface area is 80.3 Å². The number of hydrogen-bond donors (Lipinski definition) is 1. The van der Waals surface area contributed by atoms with Crippen LogP contribution >= 0.6 is 0 Å². The van der Waals surface area contributed by atoms with Crippen molar-refractivity contribution in [1.29, 1.82) is 5.26 Å². The minimum absolute atomic E-state index is 0.142. The molecule has 2 fully saturated rings. The van der Waals surface area contributed by atoms with E-state index in [-0.39, 0.29) is 6.04 Å². The minimum Gasteiger partial charge on any atom is -0.301 e. The van der Waals surface area contributed by atoms with Gasteiger partial charge in [0.05, 0.1) is 12.1 Å². The third-order valence-electron chi connectivity index (χ3n) is 3.33. The summed E-state index contributed by atoms with van der Waals surface area (Å²) in [7, 11) is 0. The second kappa shape index (κ2) is 4.11. The quantitative estimate of drug-likeness (QED) is 0.715. The molecule has 0 heterocycles. The van der Waals surface area contributed by atoms with Gasteiger partial charge in [-0.3, -0.25) is 0 Å². The Kier molecular flexibility index (Phi) is 2.85. The highest BCUT2D eigenvalue weighted by atomic mass is 14.9. The zero-order valence-corrected chi connectivity index (χ0v) is 8.13. The third-order valence-corrected chi connectivity index (χ3v) is 3.33. The van der Waals surface area contributed by atoms with E-state index < -0.39 is 0 Å². The summed E-state index contributed by atoms with van der Waals surface area (Å²) in [6, 6.07) is 2.56. The number of hydrogen-bond acceptors (Lipinski definition) is 2. The molecule has 72 valence electrons. The summed E-state index contributed by atoms with van der Waals surface area (Å²) >= 11 is 0. The monoisotopic (exact) mass is 178 g/mol. The predicted molar refractivity (Wildman–Crippen MR) is 52.1 cm³/mol. The summed E-state index contributed by atoms with van der Waals surface area (Å²) in [6.45, 7) is 1.08. The first-order valence-corrected chi connectivity index (χ1v) is 5.53. The van der Waals surface area contributed by atoms with Gasteiger partial charge in [0.2, 0.25) is 0 Å². The number of nitrogens with zero attached hydrogens (tertiary/aromatic N) is 1. The van der Waals surface area contributed by atoms with Gasteiger partial charge in [-0.15, -0.1) is 0 Å². The number of rotatable bonds is 4. The Morgan fingerprint density at radius 3 is 2.46 bits per heavy atom. The topological polar surface area (TPSA) is 35.8 Å². The van der Waals surface area contributed by atoms with Crippen molar-refractivity contribution in [3.8, 4) is 6.07 Å². The standard InChI is InChI=1S/C11H18N2/c12-7-11(10-3-1-2-4-10)13-8-9-5-6-9/h9-11,13H,1-6,8H2. The first-order chi connectivity index (χ1) is 6.40. The summed E-state index contributed by atoms with van der Waals surface area (Å²) in [5, 5.41) is 12.4. The molecule has 1 unspecified atom stereocenters. The zero-order valence-electron chi connectivity index (χ0n) is 8.13. The van der Waals surface area contributed by atoms with Crippen LogP contribution in [0.3, 0.4) is 0 Å². The summed E-state index contributed by atoms with van der Waals surface area (Å²) in [5.74, 6) is 1.53. The maximum atomic E-state index is 9.01. The molecule has 1 atom stereocenters. The molecule has 0 amide bonds. The first-order valence-electron chi connectivity index (χ1n) is 5.53. The van der Waals surface area contributed by atoms with Gasteiger partial charge in [-0.05, 0) is 44.1 Å². The Bertz CT molecular complexity index is 197. The molecule has 0 saturated heterocycles. The average Bonchev–Trinajstić information content (AvgIpc) is 2.81. The summed E-state index contributed by atoms with van der Waals surface area (Å²) < 4.78 is 0. The third kappa shape index (κ3) is 2.45. The molecule has 0 spiro atoms. The SMILES string of the molecule is N#CC(NCC1CC1)C1CCCC1.